The Bertz CT molecular complexity index is 587. The Morgan fingerprint density at radius 2 is 2.10 bits per heavy atom. The number of halogens is 3. The van der Waals surface area contributed by atoms with Gasteiger partial charge in [-0.3, -0.25) is 0 Å². The summed E-state index contributed by atoms with van der Waals surface area (Å²) in [6.07, 6.45) is -3.11. The number of piperidine rings is 1. The molecule has 0 amide bonds. The molecule has 0 spiro atoms. The summed E-state index contributed by atoms with van der Waals surface area (Å²) >= 11 is 0. The number of aromatic nitrogens is 1. The Hall–Kier alpha value is -1.19. The predicted molar refractivity (Wildman–Crippen MR) is 67.7 cm³/mol. The van der Waals surface area contributed by atoms with Crippen molar-refractivity contribution in [2.75, 3.05) is 13.1 Å². The van der Waals surface area contributed by atoms with Crippen LogP contribution in [0, 0.1) is 5.92 Å². The molecule has 1 atom stereocenters. The third-order valence-electron chi connectivity index (χ3n) is 3.43. The Kier molecular flexibility index (Phi) is 4.54. The van der Waals surface area contributed by atoms with Crippen molar-refractivity contribution in [3.8, 4) is 0 Å². The van der Waals surface area contributed by atoms with Crippen LogP contribution in [0.15, 0.2) is 23.4 Å². The van der Waals surface area contributed by atoms with Crippen molar-refractivity contribution in [2.45, 2.75) is 30.7 Å². The number of hydrogen-bond acceptors (Lipinski definition) is 4. The summed E-state index contributed by atoms with van der Waals surface area (Å²) in [5, 5.41) is 8.58. The van der Waals surface area contributed by atoms with E-state index in [1.54, 1.807) is 0 Å². The van der Waals surface area contributed by atoms with Crippen LogP contribution >= 0.6 is 0 Å². The monoisotopic (exact) mass is 324 g/mol. The maximum absolute atomic E-state index is 12.7. The van der Waals surface area contributed by atoms with Crippen molar-refractivity contribution in [1.29, 1.82) is 0 Å². The second-order valence-electron chi connectivity index (χ2n) is 4.91. The molecule has 2 heterocycles. The first-order chi connectivity index (χ1) is 9.75. The Morgan fingerprint density at radius 3 is 2.62 bits per heavy atom. The molecule has 0 radical (unpaired) electrons. The fraction of sp³-hybridized carbons (Fsp3) is 0.583. The SMILES string of the molecule is O=S(=O)(c1ccc(CO)cn1)N1CCCC(C(F)(F)F)C1. The highest BCUT2D eigenvalue weighted by Gasteiger charge is 2.44. The average molecular weight is 324 g/mol. The van der Waals surface area contributed by atoms with Gasteiger partial charge in [-0.05, 0) is 24.5 Å². The highest BCUT2D eigenvalue weighted by Crippen LogP contribution is 2.34. The van der Waals surface area contributed by atoms with Crippen molar-refractivity contribution in [1.82, 2.24) is 9.29 Å². The van der Waals surface area contributed by atoms with Gasteiger partial charge in [0.1, 0.15) is 0 Å². The number of sulfonamides is 1. The molecule has 21 heavy (non-hydrogen) atoms. The van der Waals surface area contributed by atoms with E-state index in [4.69, 9.17) is 5.11 Å². The maximum Gasteiger partial charge on any atom is 0.393 e. The molecule has 1 aromatic rings. The topological polar surface area (TPSA) is 70.5 Å². The molecule has 0 aliphatic carbocycles. The van der Waals surface area contributed by atoms with Gasteiger partial charge >= 0.3 is 6.18 Å². The summed E-state index contributed by atoms with van der Waals surface area (Å²) < 4.78 is 63.6. The third kappa shape index (κ3) is 3.53. The lowest BCUT2D eigenvalue weighted by Crippen LogP contribution is -2.44. The van der Waals surface area contributed by atoms with E-state index in [1.165, 1.54) is 18.3 Å². The number of alkyl halides is 3. The first-order valence-corrected chi connectivity index (χ1v) is 7.82. The van der Waals surface area contributed by atoms with E-state index in [0.717, 1.165) is 4.31 Å². The third-order valence-corrected chi connectivity index (χ3v) is 5.21. The smallest absolute Gasteiger partial charge is 0.392 e. The van der Waals surface area contributed by atoms with Crippen molar-refractivity contribution >= 4 is 10.0 Å². The summed E-state index contributed by atoms with van der Waals surface area (Å²) in [4.78, 5) is 3.71. The second kappa shape index (κ2) is 5.90. The van der Waals surface area contributed by atoms with Gasteiger partial charge in [-0.15, -0.1) is 0 Å². The molecule has 1 aliphatic heterocycles. The number of pyridine rings is 1. The van der Waals surface area contributed by atoms with E-state index < -0.39 is 28.7 Å². The number of hydrogen-bond donors (Lipinski definition) is 1. The van der Waals surface area contributed by atoms with E-state index in [-0.39, 0.29) is 31.0 Å². The number of aliphatic hydroxyl groups excluding tert-OH is 1. The molecular weight excluding hydrogens is 309 g/mol. The summed E-state index contributed by atoms with van der Waals surface area (Å²) in [5.41, 5.74) is 0.431. The summed E-state index contributed by atoms with van der Waals surface area (Å²) in [6, 6.07) is 2.57. The lowest BCUT2D eigenvalue weighted by Gasteiger charge is -2.32. The number of aliphatic hydroxyl groups is 1. The minimum atomic E-state index is -4.40. The van der Waals surface area contributed by atoms with E-state index >= 15 is 0 Å². The molecule has 2 rings (SSSR count). The van der Waals surface area contributed by atoms with Crippen LogP contribution in [0.3, 0.4) is 0 Å². The van der Waals surface area contributed by atoms with Gasteiger partial charge in [0.15, 0.2) is 5.03 Å². The van der Waals surface area contributed by atoms with Crippen molar-refractivity contribution < 1.29 is 26.7 Å². The molecule has 1 aromatic heterocycles. The first-order valence-electron chi connectivity index (χ1n) is 6.38. The average Bonchev–Trinajstić information content (AvgIpc) is 2.46. The number of nitrogens with zero attached hydrogens (tertiary/aromatic N) is 2. The van der Waals surface area contributed by atoms with Crippen LogP contribution in [0.5, 0.6) is 0 Å². The van der Waals surface area contributed by atoms with Gasteiger partial charge in [0.25, 0.3) is 10.0 Å². The van der Waals surface area contributed by atoms with Gasteiger partial charge in [-0.2, -0.15) is 17.5 Å². The standard InChI is InChI=1S/C12H15F3N2O3S/c13-12(14,15)10-2-1-5-17(7-10)21(19,20)11-4-3-9(8-18)6-16-11/h3-4,6,10,18H,1-2,5,7-8H2. The molecule has 1 aliphatic rings. The largest absolute Gasteiger partial charge is 0.393 e. The van der Waals surface area contributed by atoms with E-state index in [9.17, 15) is 21.6 Å². The van der Waals surface area contributed by atoms with Crippen LogP contribution in [0.2, 0.25) is 0 Å². The van der Waals surface area contributed by atoms with Gasteiger partial charge in [0, 0.05) is 19.3 Å². The zero-order valence-corrected chi connectivity index (χ0v) is 11.9. The van der Waals surface area contributed by atoms with E-state index in [0.29, 0.717) is 5.56 Å². The van der Waals surface area contributed by atoms with E-state index in [1.807, 2.05) is 0 Å². The fourth-order valence-corrected chi connectivity index (χ4v) is 3.65. The van der Waals surface area contributed by atoms with Crippen LogP contribution < -0.4 is 0 Å². The van der Waals surface area contributed by atoms with Crippen LogP contribution in [-0.4, -0.2) is 42.1 Å². The van der Waals surface area contributed by atoms with Gasteiger partial charge in [-0.25, -0.2) is 13.4 Å². The lowest BCUT2D eigenvalue weighted by atomic mass is 9.99. The van der Waals surface area contributed by atoms with E-state index in [2.05, 4.69) is 4.98 Å². The molecule has 1 unspecified atom stereocenters. The summed E-state index contributed by atoms with van der Waals surface area (Å²) in [6.45, 7) is -0.805. The molecule has 118 valence electrons. The molecule has 1 N–H and O–H groups in total. The van der Waals surface area contributed by atoms with Gasteiger partial charge in [0.2, 0.25) is 0 Å². The first kappa shape index (κ1) is 16.2. The molecule has 1 fully saturated rings. The van der Waals surface area contributed by atoms with Crippen LogP contribution in [-0.2, 0) is 16.6 Å². The fourth-order valence-electron chi connectivity index (χ4n) is 2.22. The Morgan fingerprint density at radius 1 is 1.38 bits per heavy atom. The molecule has 0 aromatic carbocycles. The normalized spacial score (nSPS) is 21.4. The highest BCUT2D eigenvalue weighted by atomic mass is 32.2. The van der Waals surface area contributed by atoms with Crippen LogP contribution in [0.25, 0.3) is 0 Å². The predicted octanol–water partition coefficient (Wildman–Crippen LogP) is 1.54. The Labute approximate surface area is 120 Å². The molecule has 5 nitrogen and oxygen atoms in total. The lowest BCUT2D eigenvalue weighted by molar-refractivity contribution is -0.182. The molecular formula is C12H15F3N2O3S. The van der Waals surface area contributed by atoms with Crippen molar-refractivity contribution in [3.63, 3.8) is 0 Å². The number of rotatable bonds is 3. The summed E-state index contributed by atoms with van der Waals surface area (Å²) in [7, 11) is -4.04. The van der Waals surface area contributed by atoms with Crippen LogP contribution in [0.1, 0.15) is 18.4 Å². The maximum atomic E-state index is 12.7. The molecule has 0 saturated carbocycles. The second-order valence-corrected chi connectivity index (χ2v) is 6.79. The molecule has 1 saturated heterocycles. The van der Waals surface area contributed by atoms with Gasteiger partial charge in [-0.1, -0.05) is 6.07 Å². The Balaban J connectivity index is 2.22. The highest BCUT2D eigenvalue weighted by molar-refractivity contribution is 7.89. The van der Waals surface area contributed by atoms with Crippen molar-refractivity contribution in [3.05, 3.63) is 23.9 Å². The van der Waals surface area contributed by atoms with Crippen LogP contribution in [0.4, 0.5) is 13.2 Å². The van der Waals surface area contributed by atoms with Gasteiger partial charge in [0.05, 0.1) is 12.5 Å². The van der Waals surface area contributed by atoms with Crippen molar-refractivity contribution in [2.24, 2.45) is 5.92 Å². The zero-order chi connectivity index (χ0) is 15.7. The van der Waals surface area contributed by atoms with Gasteiger partial charge < -0.3 is 5.11 Å². The zero-order valence-electron chi connectivity index (χ0n) is 11.0. The minimum absolute atomic E-state index is 0.0539. The summed E-state index contributed by atoms with van der Waals surface area (Å²) in [5.74, 6) is -1.64. The minimum Gasteiger partial charge on any atom is -0.392 e. The quantitative estimate of drug-likeness (QED) is 0.915. The molecule has 9 heteroatoms. The molecule has 0 bridgehead atoms.